The number of urea groups is 1. The zero-order valence-corrected chi connectivity index (χ0v) is 13.3. The molecular weight excluding hydrogens is 304 g/mol. The fourth-order valence-corrected chi connectivity index (χ4v) is 2.97. The van der Waals surface area contributed by atoms with E-state index in [1.165, 1.54) is 0 Å². The van der Waals surface area contributed by atoms with E-state index in [-0.39, 0.29) is 12.1 Å². The molecule has 2 fully saturated rings. The quantitative estimate of drug-likeness (QED) is 0.921. The molecule has 0 radical (unpaired) electrons. The van der Waals surface area contributed by atoms with Crippen LogP contribution in [0.2, 0.25) is 5.02 Å². The number of nitrogens with zero attached hydrogens (tertiary/aromatic N) is 1. The van der Waals surface area contributed by atoms with Gasteiger partial charge in [-0.15, -0.1) is 0 Å². The largest absolute Gasteiger partial charge is 0.489 e. The van der Waals surface area contributed by atoms with Crippen LogP contribution in [0.15, 0.2) is 18.2 Å². The van der Waals surface area contributed by atoms with Gasteiger partial charge in [0.25, 0.3) is 0 Å². The standard InChI is InChI=1S/C16H21ClN2O3/c17-12-5-6-15(22-11-13-4-3-9-21-13)14(10-12)18-16(20)19-7-1-2-8-19/h5-6,10,13H,1-4,7-9,11H2,(H,18,20)/t13-/m0/s1. The first kappa shape index (κ1) is 15.4. The summed E-state index contributed by atoms with van der Waals surface area (Å²) < 4.78 is 11.4. The second-order valence-electron chi connectivity index (χ2n) is 5.71. The highest BCUT2D eigenvalue weighted by atomic mass is 35.5. The maximum Gasteiger partial charge on any atom is 0.321 e. The monoisotopic (exact) mass is 324 g/mol. The van der Waals surface area contributed by atoms with Crippen molar-refractivity contribution < 1.29 is 14.3 Å². The Labute approximate surface area is 135 Å². The van der Waals surface area contributed by atoms with Gasteiger partial charge >= 0.3 is 6.03 Å². The number of nitrogens with one attached hydrogen (secondary N) is 1. The van der Waals surface area contributed by atoms with E-state index in [9.17, 15) is 4.79 Å². The molecule has 3 rings (SSSR count). The summed E-state index contributed by atoms with van der Waals surface area (Å²) in [6.45, 7) is 2.90. The number of carbonyl (C=O) groups is 1. The minimum atomic E-state index is -0.0956. The van der Waals surface area contributed by atoms with Crippen LogP contribution < -0.4 is 10.1 Å². The van der Waals surface area contributed by atoms with E-state index in [2.05, 4.69) is 5.32 Å². The number of halogens is 1. The van der Waals surface area contributed by atoms with Gasteiger partial charge in [-0.1, -0.05) is 11.6 Å². The van der Waals surface area contributed by atoms with E-state index < -0.39 is 0 Å². The van der Waals surface area contributed by atoms with Crippen molar-refractivity contribution in [3.8, 4) is 5.75 Å². The van der Waals surface area contributed by atoms with Gasteiger partial charge in [0.2, 0.25) is 0 Å². The van der Waals surface area contributed by atoms with Crippen molar-refractivity contribution in [1.82, 2.24) is 4.90 Å². The number of hydrogen-bond donors (Lipinski definition) is 1. The molecule has 0 bridgehead atoms. The van der Waals surface area contributed by atoms with E-state index in [1.807, 2.05) is 4.90 Å². The second-order valence-corrected chi connectivity index (χ2v) is 6.15. The van der Waals surface area contributed by atoms with E-state index in [0.29, 0.717) is 23.1 Å². The fourth-order valence-electron chi connectivity index (χ4n) is 2.80. The maximum absolute atomic E-state index is 12.2. The van der Waals surface area contributed by atoms with Crippen molar-refractivity contribution in [2.45, 2.75) is 31.8 Å². The van der Waals surface area contributed by atoms with Crippen molar-refractivity contribution >= 4 is 23.3 Å². The molecule has 0 spiro atoms. The summed E-state index contributed by atoms with van der Waals surface area (Å²) in [5.41, 5.74) is 0.613. The SMILES string of the molecule is O=C(Nc1cc(Cl)ccc1OC[C@@H]1CCCO1)N1CCCC1. The Bertz CT molecular complexity index is 526. The van der Waals surface area contributed by atoms with Gasteiger partial charge in [-0.2, -0.15) is 0 Å². The van der Waals surface area contributed by atoms with E-state index in [1.54, 1.807) is 18.2 Å². The molecule has 120 valence electrons. The van der Waals surface area contributed by atoms with Crippen molar-refractivity contribution in [3.63, 3.8) is 0 Å². The van der Waals surface area contributed by atoms with E-state index in [4.69, 9.17) is 21.1 Å². The first-order valence-electron chi connectivity index (χ1n) is 7.82. The number of rotatable bonds is 4. The Morgan fingerprint density at radius 1 is 1.36 bits per heavy atom. The van der Waals surface area contributed by atoms with Crippen LogP contribution in [0.5, 0.6) is 5.75 Å². The summed E-state index contributed by atoms with van der Waals surface area (Å²) in [6, 6.07) is 5.18. The van der Waals surface area contributed by atoms with Crippen LogP contribution in [0.4, 0.5) is 10.5 Å². The summed E-state index contributed by atoms with van der Waals surface area (Å²) in [6.07, 6.45) is 4.35. The summed E-state index contributed by atoms with van der Waals surface area (Å²) in [4.78, 5) is 14.0. The molecule has 1 N–H and O–H groups in total. The highest BCUT2D eigenvalue weighted by Crippen LogP contribution is 2.29. The molecule has 0 aromatic heterocycles. The number of likely N-dealkylation sites (tertiary alicyclic amines) is 1. The van der Waals surface area contributed by atoms with Crippen molar-refractivity contribution in [1.29, 1.82) is 0 Å². The van der Waals surface area contributed by atoms with Crippen LogP contribution in [-0.4, -0.2) is 43.3 Å². The van der Waals surface area contributed by atoms with Gasteiger partial charge in [0.15, 0.2) is 0 Å². The van der Waals surface area contributed by atoms with Crippen LogP contribution in [0.3, 0.4) is 0 Å². The van der Waals surface area contributed by atoms with Gasteiger partial charge in [-0.05, 0) is 43.9 Å². The number of benzene rings is 1. The minimum absolute atomic E-state index is 0.0956. The van der Waals surface area contributed by atoms with Crippen molar-refractivity contribution in [2.75, 3.05) is 31.6 Å². The van der Waals surface area contributed by atoms with Crippen molar-refractivity contribution in [3.05, 3.63) is 23.2 Å². The molecule has 1 aromatic rings. The van der Waals surface area contributed by atoms with E-state index >= 15 is 0 Å². The van der Waals surface area contributed by atoms with Crippen LogP contribution in [-0.2, 0) is 4.74 Å². The lowest BCUT2D eigenvalue weighted by molar-refractivity contribution is 0.0682. The van der Waals surface area contributed by atoms with Crippen LogP contribution in [0.1, 0.15) is 25.7 Å². The predicted molar refractivity (Wildman–Crippen MR) is 85.7 cm³/mol. The van der Waals surface area contributed by atoms with E-state index in [0.717, 1.165) is 45.4 Å². The number of ether oxygens (including phenoxy) is 2. The average Bonchev–Trinajstić information content (AvgIpc) is 3.20. The van der Waals surface area contributed by atoms with Gasteiger partial charge in [0.05, 0.1) is 11.8 Å². The molecule has 1 aromatic carbocycles. The molecule has 0 aliphatic carbocycles. The van der Waals surface area contributed by atoms with Gasteiger partial charge in [-0.3, -0.25) is 0 Å². The number of carbonyl (C=O) groups excluding carboxylic acids is 1. The molecule has 2 aliphatic heterocycles. The molecule has 6 heteroatoms. The van der Waals surface area contributed by atoms with Crippen molar-refractivity contribution in [2.24, 2.45) is 0 Å². The van der Waals surface area contributed by atoms with Crippen LogP contribution >= 0.6 is 11.6 Å². The summed E-state index contributed by atoms with van der Waals surface area (Å²) in [5, 5.41) is 3.48. The third kappa shape index (κ3) is 3.84. The van der Waals surface area contributed by atoms with Gasteiger partial charge in [0.1, 0.15) is 12.4 Å². The zero-order chi connectivity index (χ0) is 15.4. The highest BCUT2D eigenvalue weighted by molar-refractivity contribution is 6.31. The molecule has 2 aliphatic rings. The van der Waals surface area contributed by atoms with Crippen LogP contribution in [0, 0.1) is 0 Å². The number of amides is 2. The topological polar surface area (TPSA) is 50.8 Å². The molecule has 0 unspecified atom stereocenters. The van der Waals surface area contributed by atoms with Gasteiger partial charge in [-0.25, -0.2) is 4.79 Å². The molecule has 5 nitrogen and oxygen atoms in total. The highest BCUT2D eigenvalue weighted by Gasteiger charge is 2.20. The van der Waals surface area contributed by atoms with Gasteiger partial charge in [0, 0.05) is 24.7 Å². The summed E-state index contributed by atoms with van der Waals surface area (Å²) >= 11 is 6.04. The Morgan fingerprint density at radius 2 is 2.18 bits per heavy atom. The summed E-state index contributed by atoms with van der Waals surface area (Å²) in [7, 11) is 0. The number of anilines is 1. The first-order valence-corrected chi connectivity index (χ1v) is 8.20. The molecule has 2 saturated heterocycles. The second kappa shape index (κ2) is 7.20. The van der Waals surface area contributed by atoms with Crippen LogP contribution in [0.25, 0.3) is 0 Å². The smallest absolute Gasteiger partial charge is 0.321 e. The van der Waals surface area contributed by atoms with Gasteiger partial charge < -0.3 is 19.7 Å². The molecule has 22 heavy (non-hydrogen) atoms. The third-order valence-corrected chi connectivity index (χ3v) is 4.26. The third-order valence-electron chi connectivity index (χ3n) is 4.03. The molecule has 2 amide bonds. The lowest BCUT2D eigenvalue weighted by atomic mass is 10.2. The maximum atomic E-state index is 12.2. The Kier molecular flexibility index (Phi) is 5.05. The lowest BCUT2D eigenvalue weighted by Gasteiger charge is -2.19. The molecule has 0 saturated carbocycles. The molecular formula is C16H21ClN2O3. The Balaban J connectivity index is 1.65. The average molecular weight is 325 g/mol. The predicted octanol–water partition coefficient (Wildman–Crippen LogP) is 3.53. The molecule has 2 heterocycles. The zero-order valence-electron chi connectivity index (χ0n) is 12.5. The lowest BCUT2D eigenvalue weighted by Crippen LogP contribution is -2.32. The fraction of sp³-hybridized carbons (Fsp3) is 0.562. The molecule has 1 atom stereocenters. The Hall–Kier alpha value is -1.46. The normalized spacial score (nSPS) is 21.1. The summed E-state index contributed by atoms with van der Waals surface area (Å²) in [5.74, 6) is 0.632. The Morgan fingerprint density at radius 3 is 2.91 bits per heavy atom. The minimum Gasteiger partial charge on any atom is -0.489 e. The first-order chi connectivity index (χ1) is 10.7. The number of hydrogen-bond acceptors (Lipinski definition) is 3.